The number of sulfonamides is 1. The van der Waals surface area contributed by atoms with Crippen molar-refractivity contribution in [3.63, 3.8) is 0 Å². The van der Waals surface area contributed by atoms with E-state index >= 15 is 0 Å². The maximum Gasteiger partial charge on any atom is 0.261 e. The molecule has 2 aromatic carbocycles. The van der Waals surface area contributed by atoms with Gasteiger partial charge in [0.15, 0.2) is 6.10 Å². The molecular formula is C25H33N3O5S. The van der Waals surface area contributed by atoms with Crippen LogP contribution in [0.5, 0.6) is 5.75 Å². The topological polar surface area (TPSA) is 99.2 Å². The lowest BCUT2D eigenvalue weighted by Crippen LogP contribution is -2.45. The molecule has 2 heterocycles. The van der Waals surface area contributed by atoms with Gasteiger partial charge in [-0.15, -0.1) is 0 Å². The van der Waals surface area contributed by atoms with E-state index in [0.717, 1.165) is 30.5 Å². The minimum absolute atomic E-state index is 0.284. The Hall–Kier alpha value is -2.62. The smallest absolute Gasteiger partial charge is 0.261 e. The number of carbonyl (C=O) groups is 1. The average molecular weight is 488 g/mol. The van der Waals surface area contributed by atoms with Gasteiger partial charge in [-0.3, -0.25) is 14.0 Å². The quantitative estimate of drug-likeness (QED) is 0.589. The summed E-state index contributed by atoms with van der Waals surface area (Å²) in [7, 11) is -1.93. The van der Waals surface area contributed by atoms with Gasteiger partial charge in [0.05, 0.1) is 18.0 Å². The van der Waals surface area contributed by atoms with E-state index in [9.17, 15) is 18.3 Å². The molecule has 0 aliphatic carbocycles. The number of rotatable bonds is 8. The third-order valence-electron chi connectivity index (χ3n) is 6.59. The number of aliphatic hydroxyl groups excluding tert-OH is 1. The van der Waals surface area contributed by atoms with Gasteiger partial charge in [0.25, 0.3) is 5.91 Å². The van der Waals surface area contributed by atoms with Crippen molar-refractivity contribution >= 4 is 21.6 Å². The van der Waals surface area contributed by atoms with Gasteiger partial charge < -0.3 is 15.2 Å². The molecule has 1 amide bonds. The number of amides is 1. The molecule has 2 N–H and O–H groups in total. The predicted molar refractivity (Wildman–Crippen MR) is 132 cm³/mol. The summed E-state index contributed by atoms with van der Waals surface area (Å²) in [6.45, 7) is 2.20. The number of nitrogens with one attached hydrogen (secondary N) is 1. The second-order valence-corrected chi connectivity index (χ2v) is 11.0. The Morgan fingerprint density at radius 3 is 2.59 bits per heavy atom. The van der Waals surface area contributed by atoms with Crippen LogP contribution in [0.3, 0.4) is 0 Å². The molecule has 1 saturated heterocycles. The highest BCUT2D eigenvalue weighted by molar-refractivity contribution is 7.92. The number of β-amino-alcohol motifs (C(OH)–C–C–N with tert-alkyl or cyclic N) is 1. The molecule has 0 aromatic heterocycles. The summed E-state index contributed by atoms with van der Waals surface area (Å²) >= 11 is 0. The number of aryl methyl sites for hydroxylation is 1. The highest BCUT2D eigenvalue weighted by atomic mass is 32.2. The third kappa shape index (κ3) is 5.37. The van der Waals surface area contributed by atoms with Crippen LogP contribution in [0.25, 0.3) is 0 Å². The summed E-state index contributed by atoms with van der Waals surface area (Å²) in [5.41, 5.74) is 2.36. The van der Waals surface area contributed by atoms with E-state index in [0.29, 0.717) is 37.5 Å². The summed E-state index contributed by atoms with van der Waals surface area (Å²) in [6.07, 6.45) is 2.10. The van der Waals surface area contributed by atoms with Gasteiger partial charge in [-0.05, 0) is 36.5 Å². The number of hydrogen-bond acceptors (Lipinski definition) is 6. The molecule has 2 aliphatic heterocycles. The second kappa shape index (κ2) is 10.3. The fourth-order valence-electron chi connectivity index (χ4n) is 4.93. The molecule has 0 saturated carbocycles. The fourth-order valence-corrected chi connectivity index (χ4v) is 5.93. The summed E-state index contributed by atoms with van der Waals surface area (Å²) in [5, 5.41) is 12.8. The monoisotopic (exact) mass is 487 g/mol. The molecule has 2 aromatic rings. The van der Waals surface area contributed by atoms with Gasteiger partial charge in [0, 0.05) is 39.1 Å². The highest BCUT2D eigenvalue weighted by Crippen LogP contribution is 2.39. The molecular weight excluding hydrogens is 454 g/mol. The molecule has 0 radical (unpaired) electrons. The Kier molecular flexibility index (Phi) is 7.45. The number of anilines is 1. The number of nitrogens with zero attached hydrogens (tertiary/aromatic N) is 2. The number of para-hydroxylation sites is 1. The van der Waals surface area contributed by atoms with E-state index in [4.69, 9.17) is 4.74 Å². The maximum absolute atomic E-state index is 13.2. The van der Waals surface area contributed by atoms with Crippen LogP contribution >= 0.6 is 0 Å². The first-order valence-corrected chi connectivity index (χ1v) is 13.6. The average Bonchev–Trinajstić information content (AvgIpc) is 3.25. The molecule has 4 rings (SSSR count). The molecule has 0 bridgehead atoms. The first-order chi connectivity index (χ1) is 16.3. The normalized spacial score (nSPS) is 20.4. The molecule has 0 spiro atoms. The molecule has 8 nitrogen and oxygen atoms in total. The van der Waals surface area contributed by atoms with Crippen LogP contribution in [0.2, 0.25) is 0 Å². The minimum Gasteiger partial charge on any atom is -0.478 e. The van der Waals surface area contributed by atoms with Crippen molar-refractivity contribution in [3.8, 4) is 5.75 Å². The van der Waals surface area contributed by atoms with Crippen molar-refractivity contribution in [3.05, 3.63) is 59.7 Å². The van der Waals surface area contributed by atoms with Crippen molar-refractivity contribution in [2.45, 2.75) is 37.4 Å². The minimum atomic E-state index is -3.50. The van der Waals surface area contributed by atoms with Crippen LogP contribution in [0.15, 0.2) is 48.5 Å². The summed E-state index contributed by atoms with van der Waals surface area (Å²) < 4.78 is 32.9. The Morgan fingerprint density at radius 1 is 1.18 bits per heavy atom. The molecule has 34 heavy (non-hydrogen) atoms. The van der Waals surface area contributed by atoms with Crippen LogP contribution in [-0.4, -0.2) is 76.0 Å². The molecule has 1 fully saturated rings. The Morgan fingerprint density at radius 2 is 1.94 bits per heavy atom. The zero-order valence-electron chi connectivity index (χ0n) is 19.7. The second-order valence-electron chi connectivity index (χ2n) is 9.07. The SMILES string of the molecule is CNC(=O)C(Oc1cccc2c1N(S(C)(=O)=O)CCC2)[C@H](CN1CC[C@H](O)C1)c1ccccc1. The van der Waals surface area contributed by atoms with Crippen LogP contribution in [-0.2, 0) is 21.2 Å². The number of benzene rings is 2. The van der Waals surface area contributed by atoms with E-state index in [1.54, 1.807) is 13.1 Å². The van der Waals surface area contributed by atoms with Crippen LogP contribution in [0, 0.1) is 0 Å². The number of fused-ring (bicyclic) bond motifs is 1. The van der Waals surface area contributed by atoms with Gasteiger partial charge in [0.2, 0.25) is 10.0 Å². The number of ether oxygens (including phenoxy) is 1. The lowest BCUT2D eigenvalue weighted by molar-refractivity contribution is -0.128. The third-order valence-corrected chi connectivity index (χ3v) is 7.76. The number of likely N-dealkylation sites (N-methyl/N-ethyl adjacent to an activating group) is 1. The van der Waals surface area contributed by atoms with Crippen molar-refractivity contribution < 1.29 is 23.1 Å². The van der Waals surface area contributed by atoms with Crippen molar-refractivity contribution in [1.82, 2.24) is 10.2 Å². The zero-order valence-corrected chi connectivity index (χ0v) is 20.5. The number of hydrogen-bond donors (Lipinski definition) is 2. The lowest BCUT2D eigenvalue weighted by atomic mass is 9.91. The van der Waals surface area contributed by atoms with E-state index in [2.05, 4.69) is 10.2 Å². The summed E-state index contributed by atoms with van der Waals surface area (Å²) in [6, 6.07) is 15.2. The van der Waals surface area contributed by atoms with Gasteiger partial charge in [-0.2, -0.15) is 0 Å². The van der Waals surface area contributed by atoms with Gasteiger partial charge in [-0.1, -0.05) is 42.5 Å². The lowest BCUT2D eigenvalue weighted by Gasteiger charge is -2.34. The van der Waals surface area contributed by atoms with E-state index in [1.165, 1.54) is 10.6 Å². The number of carbonyl (C=O) groups excluding carboxylic acids is 1. The van der Waals surface area contributed by atoms with Crippen LogP contribution < -0.4 is 14.4 Å². The van der Waals surface area contributed by atoms with E-state index in [1.807, 2.05) is 42.5 Å². The summed E-state index contributed by atoms with van der Waals surface area (Å²) in [4.78, 5) is 15.3. The fraction of sp³-hybridized carbons (Fsp3) is 0.480. The van der Waals surface area contributed by atoms with E-state index < -0.39 is 16.1 Å². The first kappa shape index (κ1) is 24.5. The largest absolute Gasteiger partial charge is 0.478 e. The summed E-state index contributed by atoms with van der Waals surface area (Å²) in [5.74, 6) is -0.218. The van der Waals surface area contributed by atoms with Crippen molar-refractivity contribution in [2.75, 3.05) is 43.8 Å². The standard InChI is InChI=1S/C25H33N3O5S/c1-26-25(30)24(21(18-8-4-3-5-9-18)17-27-15-13-20(29)16-27)33-22-12-6-10-19-11-7-14-28(23(19)22)34(2,31)32/h3-6,8-10,12,20-21,24,29H,7,11,13-17H2,1-2H3,(H,26,30)/t20-,21+,24?/m0/s1. The predicted octanol–water partition coefficient (Wildman–Crippen LogP) is 1.74. The molecule has 3 atom stereocenters. The van der Waals surface area contributed by atoms with Crippen molar-refractivity contribution in [2.24, 2.45) is 0 Å². The van der Waals surface area contributed by atoms with Crippen LogP contribution in [0.1, 0.15) is 29.9 Å². The van der Waals surface area contributed by atoms with Crippen molar-refractivity contribution in [1.29, 1.82) is 0 Å². The molecule has 2 aliphatic rings. The molecule has 1 unspecified atom stereocenters. The number of likely N-dealkylation sites (tertiary alicyclic amines) is 1. The molecule has 184 valence electrons. The number of aliphatic hydroxyl groups is 1. The first-order valence-electron chi connectivity index (χ1n) is 11.7. The van der Waals surface area contributed by atoms with Gasteiger partial charge in [0.1, 0.15) is 5.75 Å². The van der Waals surface area contributed by atoms with Gasteiger partial charge >= 0.3 is 0 Å². The Balaban J connectivity index is 1.74. The van der Waals surface area contributed by atoms with Gasteiger partial charge in [-0.25, -0.2) is 8.42 Å². The van der Waals surface area contributed by atoms with Crippen LogP contribution in [0.4, 0.5) is 5.69 Å². The zero-order chi connectivity index (χ0) is 24.3. The maximum atomic E-state index is 13.2. The van der Waals surface area contributed by atoms with E-state index in [-0.39, 0.29) is 17.9 Å². The Labute approximate surface area is 201 Å². The molecule has 9 heteroatoms. The Bertz CT molecular complexity index is 1110. The highest BCUT2D eigenvalue weighted by Gasteiger charge is 2.36.